The number of hydrogen-bond acceptors (Lipinski definition) is 2. The zero-order valence-electron chi connectivity index (χ0n) is 7.00. The van der Waals surface area contributed by atoms with Gasteiger partial charge in [-0.3, -0.25) is 4.98 Å². The number of pyridine rings is 1. The van der Waals surface area contributed by atoms with Crippen molar-refractivity contribution in [3.8, 4) is 0 Å². The van der Waals surface area contributed by atoms with Crippen LogP contribution in [0.3, 0.4) is 0 Å². The fraction of sp³-hybridized carbons (Fsp3) is 0.222. The first-order valence-corrected chi connectivity index (χ1v) is 3.82. The second-order valence-corrected chi connectivity index (χ2v) is 2.65. The highest BCUT2D eigenvalue weighted by Gasteiger charge is 2.11. The summed E-state index contributed by atoms with van der Waals surface area (Å²) in [7, 11) is 0. The van der Waals surface area contributed by atoms with E-state index in [1.54, 1.807) is 6.08 Å². The molecule has 2 nitrogen and oxygen atoms in total. The Hall–Kier alpha value is -1.29. The predicted molar refractivity (Wildman–Crippen MR) is 45.9 cm³/mol. The fourth-order valence-electron chi connectivity index (χ4n) is 0.989. The largest absolute Gasteiger partial charge is 0.322 e. The van der Waals surface area contributed by atoms with Gasteiger partial charge in [-0.15, -0.1) is 6.58 Å². The van der Waals surface area contributed by atoms with Crippen molar-refractivity contribution in [2.45, 2.75) is 12.5 Å². The summed E-state index contributed by atoms with van der Waals surface area (Å²) in [6.45, 7) is 3.47. The SMILES string of the molecule is C=CC[C@@H](N)c1ncc(F)cc1F. The summed E-state index contributed by atoms with van der Waals surface area (Å²) in [5.74, 6) is -1.42. The van der Waals surface area contributed by atoms with Crippen molar-refractivity contribution < 1.29 is 8.78 Å². The van der Waals surface area contributed by atoms with Crippen LogP contribution in [0.4, 0.5) is 8.78 Å². The fourth-order valence-corrected chi connectivity index (χ4v) is 0.989. The Bertz CT molecular complexity index is 312. The standard InChI is InChI=1S/C9H10F2N2/c1-2-3-8(12)9-7(11)4-6(10)5-13-9/h2,4-5,8H,1,3,12H2/t8-/m1/s1. The van der Waals surface area contributed by atoms with Crippen molar-refractivity contribution in [2.75, 3.05) is 0 Å². The van der Waals surface area contributed by atoms with Gasteiger partial charge in [0.1, 0.15) is 11.6 Å². The summed E-state index contributed by atoms with van der Waals surface area (Å²) >= 11 is 0. The van der Waals surface area contributed by atoms with Gasteiger partial charge < -0.3 is 5.73 Å². The lowest BCUT2D eigenvalue weighted by Crippen LogP contribution is -2.13. The Labute approximate surface area is 75.1 Å². The molecule has 1 aromatic heterocycles. The van der Waals surface area contributed by atoms with Gasteiger partial charge in [0.2, 0.25) is 0 Å². The Morgan fingerprint density at radius 3 is 2.85 bits per heavy atom. The van der Waals surface area contributed by atoms with E-state index in [1.165, 1.54) is 0 Å². The number of nitrogens with zero attached hydrogens (tertiary/aromatic N) is 1. The quantitative estimate of drug-likeness (QED) is 0.729. The van der Waals surface area contributed by atoms with Crippen molar-refractivity contribution in [2.24, 2.45) is 5.73 Å². The Kier molecular flexibility index (Phi) is 3.08. The van der Waals surface area contributed by atoms with Crippen molar-refractivity contribution >= 4 is 0 Å². The molecule has 0 fully saturated rings. The third kappa shape index (κ3) is 2.32. The molecule has 0 spiro atoms. The number of rotatable bonds is 3. The highest BCUT2D eigenvalue weighted by molar-refractivity contribution is 5.13. The van der Waals surface area contributed by atoms with Gasteiger partial charge in [0, 0.05) is 6.07 Å². The van der Waals surface area contributed by atoms with E-state index in [0.717, 1.165) is 12.3 Å². The molecule has 0 aliphatic rings. The molecule has 0 saturated heterocycles. The van der Waals surface area contributed by atoms with Gasteiger partial charge in [-0.25, -0.2) is 8.78 Å². The lowest BCUT2D eigenvalue weighted by atomic mass is 10.1. The normalized spacial score (nSPS) is 12.5. The van der Waals surface area contributed by atoms with Crippen LogP contribution in [0.1, 0.15) is 18.2 Å². The molecular formula is C9H10F2N2. The minimum absolute atomic E-state index is 0.0706. The molecule has 0 bridgehead atoms. The molecule has 13 heavy (non-hydrogen) atoms. The van der Waals surface area contributed by atoms with Gasteiger partial charge in [-0.2, -0.15) is 0 Å². The zero-order valence-corrected chi connectivity index (χ0v) is 7.00. The van der Waals surface area contributed by atoms with Crippen LogP contribution < -0.4 is 5.73 Å². The van der Waals surface area contributed by atoms with E-state index in [0.29, 0.717) is 6.42 Å². The number of halogens is 2. The number of hydrogen-bond donors (Lipinski definition) is 1. The van der Waals surface area contributed by atoms with Crippen LogP contribution in [-0.2, 0) is 0 Å². The van der Waals surface area contributed by atoms with E-state index in [4.69, 9.17) is 5.73 Å². The van der Waals surface area contributed by atoms with Crippen molar-refractivity contribution in [3.05, 3.63) is 42.2 Å². The summed E-state index contributed by atoms with van der Waals surface area (Å²) in [6.07, 6.45) is 2.92. The zero-order chi connectivity index (χ0) is 9.84. The number of nitrogens with two attached hydrogens (primary N) is 1. The third-order valence-corrected chi connectivity index (χ3v) is 1.61. The van der Waals surface area contributed by atoms with E-state index in [1.807, 2.05) is 0 Å². The van der Waals surface area contributed by atoms with E-state index in [2.05, 4.69) is 11.6 Å². The highest BCUT2D eigenvalue weighted by Crippen LogP contribution is 2.15. The van der Waals surface area contributed by atoms with Crippen LogP contribution in [-0.4, -0.2) is 4.98 Å². The summed E-state index contributed by atoms with van der Waals surface area (Å²) in [4.78, 5) is 3.57. The van der Waals surface area contributed by atoms with Gasteiger partial charge in [0.15, 0.2) is 0 Å². The summed E-state index contributed by atoms with van der Waals surface area (Å²) in [5.41, 5.74) is 5.63. The van der Waals surface area contributed by atoms with Crippen LogP contribution in [0.2, 0.25) is 0 Å². The maximum atomic E-state index is 13.0. The third-order valence-electron chi connectivity index (χ3n) is 1.61. The van der Waals surface area contributed by atoms with Gasteiger partial charge in [0.05, 0.1) is 17.9 Å². The highest BCUT2D eigenvalue weighted by atomic mass is 19.1. The minimum Gasteiger partial charge on any atom is -0.322 e. The predicted octanol–water partition coefficient (Wildman–Crippen LogP) is 1.94. The van der Waals surface area contributed by atoms with Gasteiger partial charge >= 0.3 is 0 Å². The molecule has 4 heteroatoms. The first-order valence-electron chi connectivity index (χ1n) is 3.82. The van der Waals surface area contributed by atoms with Crippen molar-refractivity contribution in [3.63, 3.8) is 0 Å². The molecule has 0 saturated carbocycles. The van der Waals surface area contributed by atoms with Crippen molar-refractivity contribution in [1.82, 2.24) is 4.98 Å². The van der Waals surface area contributed by atoms with Crippen LogP contribution in [0.25, 0.3) is 0 Å². The van der Waals surface area contributed by atoms with Crippen LogP contribution in [0, 0.1) is 11.6 Å². The van der Waals surface area contributed by atoms with Crippen LogP contribution in [0.5, 0.6) is 0 Å². The molecule has 1 rings (SSSR count). The summed E-state index contributed by atoms with van der Waals surface area (Å²) < 4.78 is 25.4. The summed E-state index contributed by atoms with van der Waals surface area (Å²) in [5, 5.41) is 0. The Balaban J connectivity index is 2.94. The van der Waals surface area contributed by atoms with Gasteiger partial charge in [-0.05, 0) is 6.42 Å². The topological polar surface area (TPSA) is 38.9 Å². The molecular weight excluding hydrogens is 174 g/mol. The average molecular weight is 184 g/mol. The second kappa shape index (κ2) is 4.09. The monoisotopic (exact) mass is 184 g/mol. The Morgan fingerprint density at radius 2 is 2.31 bits per heavy atom. The smallest absolute Gasteiger partial charge is 0.149 e. The lowest BCUT2D eigenvalue weighted by Gasteiger charge is -2.08. The van der Waals surface area contributed by atoms with E-state index >= 15 is 0 Å². The molecule has 0 radical (unpaired) electrons. The average Bonchev–Trinajstić information content (AvgIpc) is 2.04. The molecule has 0 amide bonds. The molecule has 0 aliphatic carbocycles. The number of aromatic nitrogens is 1. The molecule has 2 N–H and O–H groups in total. The molecule has 70 valence electrons. The lowest BCUT2D eigenvalue weighted by molar-refractivity contribution is 0.537. The van der Waals surface area contributed by atoms with Gasteiger partial charge in [0.25, 0.3) is 0 Å². The molecule has 0 aromatic carbocycles. The summed E-state index contributed by atoms with van der Waals surface area (Å²) in [6, 6.07) is 0.212. The molecule has 1 atom stereocenters. The first-order chi connectivity index (χ1) is 6.15. The van der Waals surface area contributed by atoms with Gasteiger partial charge in [-0.1, -0.05) is 6.08 Å². The van der Waals surface area contributed by atoms with E-state index in [9.17, 15) is 8.78 Å². The van der Waals surface area contributed by atoms with Crippen LogP contribution >= 0.6 is 0 Å². The van der Waals surface area contributed by atoms with E-state index in [-0.39, 0.29) is 5.69 Å². The Morgan fingerprint density at radius 1 is 1.62 bits per heavy atom. The molecule has 1 heterocycles. The maximum absolute atomic E-state index is 13.0. The van der Waals surface area contributed by atoms with E-state index < -0.39 is 17.7 Å². The molecule has 1 aromatic rings. The second-order valence-electron chi connectivity index (χ2n) is 2.65. The van der Waals surface area contributed by atoms with Crippen LogP contribution in [0.15, 0.2) is 24.9 Å². The minimum atomic E-state index is -0.714. The first kappa shape index (κ1) is 9.80. The maximum Gasteiger partial charge on any atom is 0.149 e. The molecule has 0 aliphatic heterocycles. The molecule has 0 unspecified atom stereocenters. The van der Waals surface area contributed by atoms with Crippen molar-refractivity contribution in [1.29, 1.82) is 0 Å².